The Morgan fingerprint density at radius 3 is 2.86 bits per heavy atom. The van der Waals surface area contributed by atoms with E-state index in [1.165, 1.54) is 0 Å². The van der Waals surface area contributed by atoms with Crippen LogP contribution in [0.1, 0.15) is 6.92 Å². The molecular formula is C8H11N3O3. The number of aliphatic carboxylic acids is 1. The number of rotatable bonds is 3. The minimum absolute atomic E-state index is 0.265. The standard InChI is InChI=1S/C8H11N3O3/c1-6(10-7(12)8(13)14)5-11-4-2-3-9-11/h2-4,6H,5H2,1H3,(H,10,12)(H,13,14). The second kappa shape index (κ2) is 4.40. The third-order valence-electron chi connectivity index (χ3n) is 1.59. The maximum absolute atomic E-state index is 10.7. The van der Waals surface area contributed by atoms with Crippen molar-refractivity contribution in [3.63, 3.8) is 0 Å². The zero-order chi connectivity index (χ0) is 10.6. The molecule has 1 aromatic heterocycles. The van der Waals surface area contributed by atoms with Crippen LogP contribution in [0.25, 0.3) is 0 Å². The van der Waals surface area contributed by atoms with E-state index in [9.17, 15) is 9.59 Å². The molecule has 0 spiro atoms. The van der Waals surface area contributed by atoms with Gasteiger partial charge in [-0.1, -0.05) is 0 Å². The van der Waals surface area contributed by atoms with Crippen molar-refractivity contribution in [2.45, 2.75) is 19.5 Å². The van der Waals surface area contributed by atoms with Gasteiger partial charge in [0.15, 0.2) is 0 Å². The van der Waals surface area contributed by atoms with Gasteiger partial charge in [-0.25, -0.2) is 4.79 Å². The summed E-state index contributed by atoms with van der Waals surface area (Å²) in [6.45, 7) is 2.16. The molecule has 1 amide bonds. The topological polar surface area (TPSA) is 84.2 Å². The second-order valence-electron chi connectivity index (χ2n) is 2.91. The van der Waals surface area contributed by atoms with Gasteiger partial charge in [0.25, 0.3) is 0 Å². The molecular weight excluding hydrogens is 186 g/mol. The molecule has 1 aromatic rings. The number of aromatic nitrogens is 2. The fourth-order valence-corrected chi connectivity index (χ4v) is 1.02. The number of nitrogens with zero attached hydrogens (tertiary/aromatic N) is 2. The Morgan fingerprint density at radius 2 is 2.36 bits per heavy atom. The summed E-state index contributed by atoms with van der Waals surface area (Å²) in [6, 6.07) is 1.49. The van der Waals surface area contributed by atoms with E-state index in [0.29, 0.717) is 6.54 Å². The molecule has 0 aliphatic heterocycles. The Hall–Kier alpha value is -1.85. The van der Waals surface area contributed by atoms with Crippen LogP contribution in [0.4, 0.5) is 0 Å². The third-order valence-corrected chi connectivity index (χ3v) is 1.59. The highest BCUT2D eigenvalue weighted by Gasteiger charge is 2.14. The first-order valence-corrected chi connectivity index (χ1v) is 4.11. The smallest absolute Gasteiger partial charge is 0.394 e. The molecule has 1 unspecified atom stereocenters. The van der Waals surface area contributed by atoms with Gasteiger partial charge in [0.1, 0.15) is 0 Å². The van der Waals surface area contributed by atoms with Gasteiger partial charge in [-0.15, -0.1) is 0 Å². The largest absolute Gasteiger partial charge is 0.474 e. The summed E-state index contributed by atoms with van der Waals surface area (Å²) in [4.78, 5) is 20.9. The van der Waals surface area contributed by atoms with E-state index in [1.807, 2.05) is 0 Å². The lowest BCUT2D eigenvalue weighted by Gasteiger charge is -2.11. The van der Waals surface area contributed by atoms with E-state index >= 15 is 0 Å². The second-order valence-corrected chi connectivity index (χ2v) is 2.91. The van der Waals surface area contributed by atoms with Crippen LogP contribution in [0.5, 0.6) is 0 Å². The number of hydrogen-bond donors (Lipinski definition) is 2. The van der Waals surface area contributed by atoms with Crippen LogP contribution in [-0.4, -0.2) is 32.8 Å². The van der Waals surface area contributed by atoms with Crippen molar-refractivity contribution in [1.82, 2.24) is 15.1 Å². The SMILES string of the molecule is CC(Cn1cccn1)NC(=O)C(=O)O. The molecule has 0 aliphatic rings. The fourth-order valence-electron chi connectivity index (χ4n) is 1.02. The highest BCUT2D eigenvalue weighted by Crippen LogP contribution is 1.90. The molecule has 1 heterocycles. The van der Waals surface area contributed by atoms with E-state index in [0.717, 1.165) is 0 Å². The molecule has 0 saturated heterocycles. The molecule has 0 aliphatic carbocycles. The van der Waals surface area contributed by atoms with Gasteiger partial charge in [0, 0.05) is 18.4 Å². The van der Waals surface area contributed by atoms with E-state index in [2.05, 4.69) is 10.4 Å². The lowest BCUT2D eigenvalue weighted by Crippen LogP contribution is -2.39. The molecule has 0 saturated carbocycles. The molecule has 0 aromatic carbocycles. The molecule has 6 nitrogen and oxygen atoms in total. The third kappa shape index (κ3) is 2.89. The van der Waals surface area contributed by atoms with Gasteiger partial charge in [-0.05, 0) is 13.0 Å². The van der Waals surface area contributed by atoms with Crippen LogP contribution in [0, 0.1) is 0 Å². The average molecular weight is 197 g/mol. The Labute approximate surface area is 80.5 Å². The van der Waals surface area contributed by atoms with Crippen molar-refractivity contribution in [1.29, 1.82) is 0 Å². The molecule has 6 heteroatoms. The first-order valence-electron chi connectivity index (χ1n) is 4.11. The normalized spacial score (nSPS) is 12.1. The monoisotopic (exact) mass is 197 g/mol. The minimum atomic E-state index is -1.47. The Bertz CT molecular complexity index is 321. The van der Waals surface area contributed by atoms with Gasteiger partial charge in [-0.3, -0.25) is 9.48 Å². The first kappa shape index (κ1) is 10.2. The fraction of sp³-hybridized carbons (Fsp3) is 0.375. The van der Waals surface area contributed by atoms with Crippen molar-refractivity contribution in [2.24, 2.45) is 0 Å². The van der Waals surface area contributed by atoms with Gasteiger partial charge in [0.2, 0.25) is 0 Å². The van der Waals surface area contributed by atoms with Gasteiger partial charge >= 0.3 is 11.9 Å². The number of carboxylic acid groups (broad SMARTS) is 1. The predicted molar refractivity (Wildman–Crippen MR) is 47.5 cm³/mol. The maximum Gasteiger partial charge on any atom is 0.394 e. The number of nitrogens with one attached hydrogen (secondary N) is 1. The van der Waals surface area contributed by atoms with Gasteiger partial charge < -0.3 is 10.4 Å². The molecule has 0 radical (unpaired) electrons. The highest BCUT2D eigenvalue weighted by atomic mass is 16.4. The molecule has 1 atom stereocenters. The number of amides is 1. The van der Waals surface area contributed by atoms with Crippen molar-refractivity contribution < 1.29 is 14.7 Å². The summed E-state index contributed by atoms with van der Waals surface area (Å²) < 4.78 is 1.62. The van der Waals surface area contributed by atoms with E-state index < -0.39 is 11.9 Å². The van der Waals surface area contributed by atoms with Crippen molar-refractivity contribution >= 4 is 11.9 Å². The quantitative estimate of drug-likeness (QED) is 0.638. The van der Waals surface area contributed by atoms with Gasteiger partial charge in [0.05, 0.1) is 6.54 Å². The van der Waals surface area contributed by atoms with Crippen molar-refractivity contribution in [3.8, 4) is 0 Å². The van der Waals surface area contributed by atoms with Crippen LogP contribution in [0.2, 0.25) is 0 Å². The van der Waals surface area contributed by atoms with E-state index in [4.69, 9.17) is 5.11 Å². The molecule has 14 heavy (non-hydrogen) atoms. The lowest BCUT2D eigenvalue weighted by molar-refractivity contribution is -0.150. The zero-order valence-corrected chi connectivity index (χ0v) is 7.67. The van der Waals surface area contributed by atoms with Crippen LogP contribution in [0.3, 0.4) is 0 Å². The van der Waals surface area contributed by atoms with Crippen LogP contribution < -0.4 is 5.32 Å². The van der Waals surface area contributed by atoms with Crippen molar-refractivity contribution in [2.75, 3.05) is 0 Å². The van der Waals surface area contributed by atoms with Crippen LogP contribution in [-0.2, 0) is 16.1 Å². The number of carbonyl (C=O) groups is 2. The summed E-state index contributed by atoms with van der Waals surface area (Å²) in [7, 11) is 0. The molecule has 2 N–H and O–H groups in total. The summed E-state index contributed by atoms with van der Waals surface area (Å²) in [5.41, 5.74) is 0. The first-order chi connectivity index (χ1) is 6.59. The summed E-state index contributed by atoms with van der Waals surface area (Å²) in [6.07, 6.45) is 3.36. The van der Waals surface area contributed by atoms with Crippen molar-refractivity contribution in [3.05, 3.63) is 18.5 Å². The molecule has 76 valence electrons. The lowest BCUT2D eigenvalue weighted by atomic mass is 10.3. The Morgan fingerprint density at radius 1 is 1.64 bits per heavy atom. The summed E-state index contributed by atoms with van der Waals surface area (Å²) >= 11 is 0. The number of carbonyl (C=O) groups excluding carboxylic acids is 1. The van der Waals surface area contributed by atoms with Crippen LogP contribution >= 0.6 is 0 Å². The number of hydrogen-bond acceptors (Lipinski definition) is 3. The molecule has 0 bridgehead atoms. The Balaban J connectivity index is 2.40. The molecule has 0 fully saturated rings. The van der Waals surface area contributed by atoms with E-state index in [1.54, 1.807) is 30.1 Å². The number of carboxylic acids is 1. The Kier molecular flexibility index (Phi) is 3.22. The summed E-state index contributed by atoms with van der Waals surface area (Å²) in [5.74, 6) is -2.47. The minimum Gasteiger partial charge on any atom is -0.474 e. The summed E-state index contributed by atoms with van der Waals surface area (Å²) in [5, 5.41) is 14.6. The zero-order valence-electron chi connectivity index (χ0n) is 7.67. The highest BCUT2D eigenvalue weighted by molar-refractivity contribution is 6.31. The maximum atomic E-state index is 10.7. The predicted octanol–water partition coefficient (Wildman–Crippen LogP) is -0.528. The molecule has 1 rings (SSSR count). The van der Waals surface area contributed by atoms with E-state index in [-0.39, 0.29) is 6.04 Å². The van der Waals surface area contributed by atoms with Crippen LogP contribution in [0.15, 0.2) is 18.5 Å². The van der Waals surface area contributed by atoms with Gasteiger partial charge in [-0.2, -0.15) is 5.10 Å². The average Bonchev–Trinajstić information content (AvgIpc) is 2.56.